The molecule has 2 aromatic carbocycles. The standard InChI is InChI=1S/C25H24BrN3O6/c26-19-7-4-8-20(13-19)33-21-15-28(16-21)24(32)29-12-11-27(14-18-5-2-1-3-6-18)17-25(29)34-22(30)9-10-23(31)35-25/h1-10,13,21H,11-12,14-17H2. The van der Waals surface area contributed by atoms with Crippen LogP contribution in [-0.4, -0.2) is 77.4 Å². The number of piperazine rings is 1. The minimum absolute atomic E-state index is 0.0403. The summed E-state index contributed by atoms with van der Waals surface area (Å²) in [5.41, 5.74) is 1.06. The highest BCUT2D eigenvalue weighted by Gasteiger charge is 2.54. The molecule has 0 aromatic heterocycles. The smallest absolute Gasteiger partial charge is 0.359 e. The number of hydrogen-bond acceptors (Lipinski definition) is 7. The van der Waals surface area contributed by atoms with Gasteiger partial charge in [0.25, 0.3) is 0 Å². The van der Waals surface area contributed by atoms with Crippen molar-refractivity contribution in [3.63, 3.8) is 0 Å². The Morgan fingerprint density at radius 2 is 1.71 bits per heavy atom. The highest BCUT2D eigenvalue weighted by molar-refractivity contribution is 9.10. The molecule has 2 saturated heterocycles. The van der Waals surface area contributed by atoms with Crippen molar-refractivity contribution in [1.82, 2.24) is 14.7 Å². The molecule has 0 unspecified atom stereocenters. The first-order valence-electron chi connectivity index (χ1n) is 11.3. The molecule has 0 aliphatic carbocycles. The van der Waals surface area contributed by atoms with Gasteiger partial charge in [-0.25, -0.2) is 19.3 Å². The number of likely N-dealkylation sites (tertiary alicyclic amines) is 1. The quantitative estimate of drug-likeness (QED) is 0.550. The predicted octanol–water partition coefficient (Wildman–Crippen LogP) is 2.76. The van der Waals surface area contributed by atoms with Gasteiger partial charge < -0.3 is 19.1 Å². The number of amides is 2. The summed E-state index contributed by atoms with van der Waals surface area (Å²) in [7, 11) is 0. The molecule has 2 aromatic rings. The molecule has 182 valence electrons. The Bertz CT molecular complexity index is 1130. The van der Waals surface area contributed by atoms with Crippen LogP contribution in [0.4, 0.5) is 4.79 Å². The fraction of sp³-hybridized carbons (Fsp3) is 0.320. The molecule has 5 rings (SSSR count). The van der Waals surface area contributed by atoms with Gasteiger partial charge in [-0.3, -0.25) is 4.90 Å². The van der Waals surface area contributed by atoms with Crippen LogP contribution in [0.2, 0.25) is 0 Å². The van der Waals surface area contributed by atoms with Crippen molar-refractivity contribution >= 4 is 33.9 Å². The number of nitrogens with zero attached hydrogens (tertiary/aromatic N) is 3. The van der Waals surface area contributed by atoms with Gasteiger partial charge in [0.15, 0.2) is 0 Å². The van der Waals surface area contributed by atoms with E-state index in [2.05, 4.69) is 15.9 Å². The molecular weight excluding hydrogens is 518 g/mol. The summed E-state index contributed by atoms with van der Waals surface area (Å²) in [6, 6.07) is 16.9. The molecule has 0 atom stereocenters. The lowest BCUT2D eigenvalue weighted by molar-refractivity contribution is -0.288. The molecule has 2 amide bonds. The second-order valence-electron chi connectivity index (χ2n) is 8.62. The number of ether oxygens (including phenoxy) is 3. The number of hydrogen-bond donors (Lipinski definition) is 0. The Morgan fingerprint density at radius 1 is 1.00 bits per heavy atom. The average molecular weight is 542 g/mol. The van der Waals surface area contributed by atoms with Gasteiger partial charge in [-0.15, -0.1) is 0 Å². The molecule has 1 spiro atoms. The van der Waals surface area contributed by atoms with E-state index in [1.54, 1.807) is 4.90 Å². The van der Waals surface area contributed by atoms with Crippen LogP contribution in [0.15, 0.2) is 71.2 Å². The summed E-state index contributed by atoms with van der Waals surface area (Å²) in [6.07, 6.45) is 1.87. The lowest BCUT2D eigenvalue weighted by Crippen LogP contribution is -2.71. The van der Waals surface area contributed by atoms with Crippen molar-refractivity contribution in [3.05, 3.63) is 76.8 Å². The number of carbonyl (C=O) groups is 3. The van der Waals surface area contributed by atoms with Crippen molar-refractivity contribution in [1.29, 1.82) is 0 Å². The van der Waals surface area contributed by atoms with E-state index in [0.29, 0.717) is 31.9 Å². The van der Waals surface area contributed by atoms with Gasteiger partial charge in [0, 0.05) is 36.3 Å². The maximum Gasteiger partial charge on any atom is 0.359 e. The van der Waals surface area contributed by atoms with Crippen LogP contribution < -0.4 is 4.74 Å². The predicted molar refractivity (Wildman–Crippen MR) is 128 cm³/mol. The monoisotopic (exact) mass is 541 g/mol. The molecule has 2 fully saturated rings. The summed E-state index contributed by atoms with van der Waals surface area (Å²) in [4.78, 5) is 43.1. The van der Waals surface area contributed by atoms with Gasteiger partial charge in [-0.05, 0) is 23.8 Å². The number of esters is 2. The minimum Gasteiger partial charge on any atom is -0.487 e. The van der Waals surface area contributed by atoms with E-state index in [-0.39, 0.29) is 25.2 Å². The topological polar surface area (TPSA) is 88.6 Å². The lowest BCUT2D eigenvalue weighted by atomic mass is 10.1. The molecular formula is C25H24BrN3O6. The Kier molecular flexibility index (Phi) is 6.48. The Morgan fingerprint density at radius 3 is 2.40 bits per heavy atom. The molecule has 10 heteroatoms. The van der Waals surface area contributed by atoms with Crippen LogP contribution in [-0.2, 0) is 25.6 Å². The highest BCUT2D eigenvalue weighted by atomic mass is 79.9. The van der Waals surface area contributed by atoms with Crippen molar-refractivity contribution in [2.75, 3.05) is 32.7 Å². The zero-order valence-electron chi connectivity index (χ0n) is 18.8. The first-order valence-corrected chi connectivity index (χ1v) is 12.1. The number of urea groups is 1. The minimum atomic E-state index is -1.85. The zero-order chi connectivity index (χ0) is 24.4. The Hall–Kier alpha value is -3.37. The van der Waals surface area contributed by atoms with Gasteiger partial charge in [0.2, 0.25) is 0 Å². The largest absolute Gasteiger partial charge is 0.487 e. The van der Waals surface area contributed by atoms with Crippen LogP contribution in [0, 0.1) is 0 Å². The van der Waals surface area contributed by atoms with E-state index in [1.165, 1.54) is 4.90 Å². The molecule has 0 radical (unpaired) electrons. The SMILES string of the molecule is O=C1C=CC(=O)OC2(CN(Cc3ccccc3)CCN2C(=O)N2CC(Oc3cccc(Br)c3)C2)O1. The maximum absolute atomic E-state index is 13.5. The fourth-order valence-corrected chi connectivity index (χ4v) is 4.74. The van der Waals surface area contributed by atoms with Crippen LogP contribution in [0.3, 0.4) is 0 Å². The van der Waals surface area contributed by atoms with Crippen molar-refractivity contribution < 1.29 is 28.6 Å². The number of halogens is 1. The fourth-order valence-electron chi connectivity index (χ4n) is 4.36. The normalized spacial score (nSPS) is 20.1. The zero-order valence-corrected chi connectivity index (χ0v) is 20.4. The third-order valence-corrected chi connectivity index (χ3v) is 6.54. The third-order valence-electron chi connectivity index (χ3n) is 6.05. The first kappa shape index (κ1) is 23.4. The molecule has 3 aliphatic heterocycles. The van der Waals surface area contributed by atoms with Crippen molar-refractivity contribution in [2.24, 2.45) is 0 Å². The molecule has 0 bridgehead atoms. The van der Waals surface area contributed by atoms with E-state index in [0.717, 1.165) is 22.2 Å². The van der Waals surface area contributed by atoms with Gasteiger partial charge in [0.05, 0.1) is 19.6 Å². The second kappa shape index (κ2) is 9.71. The third kappa shape index (κ3) is 5.18. The van der Waals surface area contributed by atoms with E-state index >= 15 is 0 Å². The molecule has 3 heterocycles. The van der Waals surface area contributed by atoms with Crippen molar-refractivity contribution in [2.45, 2.75) is 18.6 Å². The molecule has 35 heavy (non-hydrogen) atoms. The molecule has 9 nitrogen and oxygen atoms in total. The van der Waals surface area contributed by atoms with Gasteiger partial charge in [-0.1, -0.05) is 52.3 Å². The second-order valence-corrected chi connectivity index (χ2v) is 9.54. The first-order chi connectivity index (χ1) is 16.9. The van der Waals surface area contributed by atoms with Crippen molar-refractivity contribution in [3.8, 4) is 5.75 Å². The van der Waals surface area contributed by atoms with Gasteiger partial charge in [-0.2, -0.15) is 0 Å². The summed E-state index contributed by atoms with van der Waals surface area (Å²) < 4.78 is 18.0. The van der Waals surface area contributed by atoms with E-state index in [1.807, 2.05) is 59.5 Å². The summed E-state index contributed by atoms with van der Waals surface area (Å²) in [5.74, 6) is -2.62. The van der Waals surface area contributed by atoms with Crippen LogP contribution in [0.25, 0.3) is 0 Å². The average Bonchev–Trinajstić information content (AvgIpc) is 2.94. The molecule has 3 aliphatic rings. The van der Waals surface area contributed by atoms with E-state index < -0.39 is 17.8 Å². The lowest BCUT2D eigenvalue weighted by Gasteiger charge is -2.50. The molecule has 0 saturated carbocycles. The maximum atomic E-state index is 13.5. The Labute approximate surface area is 210 Å². The number of benzene rings is 2. The van der Waals surface area contributed by atoms with E-state index in [4.69, 9.17) is 14.2 Å². The van der Waals surface area contributed by atoms with Crippen LogP contribution in [0.5, 0.6) is 5.75 Å². The van der Waals surface area contributed by atoms with Gasteiger partial charge >= 0.3 is 23.9 Å². The number of rotatable bonds is 4. The molecule has 0 N–H and O–H groups in total. The number of carbonyl (C=O) groups excluding carboxylic acids is 3. The van der Waals surface area contributed by atoms with Crippen LogP contribution in [0.1, 0.15) is 5.56 Å². The Balaban J connectivity index is 1.30. The van der Waals surface area contributed by atoms with Gasteiger partial charge in [0.1, 0.15) is 11.9 Å². The summed E-state index contributed by atoms with van der Waals surface area (Å²) in [5, 5.41) is 0. The summed E-state index contributed by atoms with van der Waals surface area (Å²) >= 11 is 3.42. The van der Waals surface area contributed by atoms with Crippen LogP contribution >= 0.6 is 15.9 Å². The highest BCUT2D eigenvalue weighted by Crippen LogP contribution is 2.31. The summed E-state index contributed by atoms with van der Waals surface area (Å²) in [6.45, 7) is 2.08. The van der Waals surface area contributed by atoms with E-state index in [9.17, 15) is 14.4 Å².